The third-order valence-corrected chi connectivity index (χ3v) is 4.59. The normalized spacial score (nSPS) is 10.4. The average molecular weight is 391 g/mol. The highest BCUT2D eigenvalue weighted by Crippen LogP contribution is 2.20. The number of nitrogens with zero attached hydrogens (tertiary/aromatic N) is 1. The molecule has 0 atom stereocenters. The zero-order valence-electron chi connectivity index (χ0n) is 16.3. The molecule has 0 bridgehead atoms. The number of aryl methyl sites for hydroxylation is 2. The summed E-state index contributed by atoms with van der Waals surface area (Å²) in [6, 6.07) is 14.9. The summed E-state index contributed by atoms with van der Waals surface area (Å²) in [5.74, 6) is -0.961. The van der Waals surface area contributed by atoms with Crippen molar-refractivity contribution < 1.29 is 14.0 Å². The number of carbonyl (C=O) groups is 2. The quantitative estimate of drug-likeness (QED) is 0.666. The molecule has 0 aliphatic carbocycles. The van der Waals surface area contributed by atoms with Crippen LogP contribution in [0.25, 0.3) is 0 Å². The number of anilines is 1. The lowest BCUT2D eigenvalue weighted by molar-refractivity contribution is 0.0949. The number of para-hydroxylation sites is 1. The van der Waals surface area contributed by atoms with E-state index in [9.17, 15) is 14.0 Å². The van der Waals surface area contributed by atoms with Gasteiger partial charge in [-0.3, -0.25) is 14.6 Å². The molecule has 3 rings (SSSR count). The molecule has 6 heteroatoms. The molecule has 0 fully saturated rings. The van der Waals surface area contributed by atoms with Crippen LogP contribution in [0.4, 0.5) is 10.1 Å². The lowest BCUT2D eigenvalue weighted by Crippen LogP contribution is -2.27. The zero-order valence-corrected chi connectivity index (χ0v) is 16.3. The third kappa shape index (κ3) is 5.25. The molecule has 5 nitrogen and oxygen atoms in total. The van der Waals surface area contributed by atoms with Crippen LogP contribution in [0.15, 0.2) is 60.8 Å². The summed E-state index contributed by atoms with van der Waals surface area (Å²) < 4.78 is 12.9. The van der Waals surface area contributed by atoms with Gasteiger partial charge in [-0.25, -0.2) is 4.39 Å². The lowest BCUT2D eigenvalue weighted by Gasteiger charge is -2.12. The molecule has 1 aromatic heterocycles. The van der Waals surface area contributed by atoms with Crippen LogP contribution in [-0.2, 0) is 6.42 Å². The fraction of sp³-hybridized carbons (Fsp3) is 0.174. The number of carbonyl (C=O) groups excluding carboxylic acids is 2. The first-order valence-corrected chi connectivity index (χ1v) is 9.30. The van der Waals surface area contributed by atoms with Crippen LogP contribution in [0.2, 0.25) is 0 Å². The SMILES string of the molecule is Cc1cccc(C)c1NC(=O)c1ccnc(C(=O)NCCc2ccc(F)cc2)c1. The number of benzene rings is 2. The van der Waals surface area contributed by atoms with E-state index in [1.165, 1.54) is 24.4 Å². The second-order valence-electron chi connectivity index (χ2n) is 6.78. The fourth-order valence-corrected chi connectivity index (χ4v) is 2.96. The number of nitrogens with one attached hydrogen (secondary N) is 2. The number of hydrogen-bond acceptors (Lipinski definition) is 3. The van der Waals surface area contributed by atoms with Gasteiger partial charge in [0.25, 0.3) is 11.8 Å². The summed E-state index contributed by atoms with van der Waals surface area (Å²) in [7, 11) is 0. The van der Waals surface area contributed by atoms with Gasteiger partial charge in [0.15, 0.2) is 0 Å². The van der Waals surface area contributed by atoms with E-state index in [0.717, 1.165) is 22.4 Å². The lowest BCUT2D eigenvalue weighted by atomic mass is 10.1. The van der Waals surface area contributed by atoms with Gasteiger partial charge in [0, 0.05) is 24.0 Å². The second-order valence-corrected chi connectivity index (χ2v) is 6.78. The van der Waals surface area contributed by atoms with Gasteiger partial charge in [0.1, 0.15) is 11.5 Å². The fourth-order valence-electron chi connectivity index (χ4n) is 2.96. The molecule has 29 heavy (non-hydrogen) atoms. The third-order valence-electron chi connectivity index (χ3n) is 4.59. The minimum atomic E-state index is -0.367. The smallest absolute Gasteiger partial charge is 0.269 e. The van der Waals surface area contributed by atoms with Gasteiger partial charge in [-0.05, 0) is 61.2 Å². The summed E-state index contributed by atoms with van der Waals surface area (Å²) in [5, 5.41) is 5.67. The van der Waals surface area contributed by atoms with Crippen molar-refractivity contribution in [2.75, 3.05) is 11.9 Å². The van der Waals surface area contributed by atoms with Crippen molar-refractivity contribution in [3.63, 3.8) is 0 Å². The van der Waals surface area contributed by atoms with Gasteiger partial charge in [0.05, 0.1) is 0 Å². The maximum absolute atomic E-state index is 12.9. The Morgan fingerprint density at radius 3 is 2.34 bits per heavy atom. The van der Waals surface area contributed by atoms with Gasteiger partial charge >= 0.3 is 0 Å². The van der Waals surface area contributed by atoms with Crippen molar-refractivity contribution in [3.05, 3.63) is 94.6 Å². The summed E-state index contributed by atoms with van der Waals surface area (Å²) in [6.45, 7) is 4.23. The molecule has 0 aliphatic heterocycles. The summed E-state index contributed by atoms with van der Waals surface area (Å²) >= 11 is 0. The first-order chi connectivity index (χ1) is 13.9. The van der Waals surface area contributed by atoms with Gasteiger partial charge in [0.2, 0.25) is 0 Å². The van der Waals surface area contributed by atoms with Gasteiger partial charge in [-0.2, -0.15) is 0 Å². The molecule has 1 heterocycles. The van der Waals surface area contributed by atoms with E-state index in [2.05, 4.69) is 15.6 Å². The molecule has 0 unspecified atom stereocenters. The Morgan fingerprint density at radius 1 is 0.966 bits per heavy atom. The maximum atomic E-state index is 12.9. The van der Waals surface area contributed by atoms with Crippen LogP contribution < -0.4 is 10.6 Å². The molecular weight excluding hydrogens is 369 g/mol. The van der Waals surface area contributed by atoms with E-state index < -0.39 is 0 Å². The van der Waals surface area contributed by atoms with Crippen molar-refractivity contribution >= 4 is 17.5 Å². The standard InChI is InChI=1S/C23H22FN3O2/c1-15-4-3-5-16(2)21(15)27-22(28)18-11-13-25-20(14-18)23(29)26-12-10-17-6-8-19(24)9-7-17/h3-9,11,13-14H,10,12H2,1-2H3,(H,26,29)(H,27,28). The van der Waals surface area contributed by atoms with E-state index in [1.807, 2.05) is 32.0 Å². The van der Waals surface area contributed by atoms with Crippen molar-refractivity contribution in [2.24, 2.45) is 0 Å². The number of pyridine rings is 1. The Balaban J connectivity index is 1.63. The molecule has 2 N–H and O–H groups in total. The minimum absolute atomic E-state index is 0.165. The Kier molecular flexibility index (Phi) is 6.34. The first-order valence-electron chi connectivity index (χ1n) is 9.30. The van der Waals surface area contributed by atoms with E-state index in [-0.39, 0.29) is 23.3 Å². The zero-order chi connectivity index (χ0) is 20.8. The average Bonchev–Trinajstić information content (AvgIpc) is 2.72. The molecule has 3 aromatic rings. The van der Waals surface area contributed by atoms with Crippen LogP contribution in [-0.4, -0.2) is 23.3 Å². The molecule has 0 spiro atoms. The Bertz CT molecular complexity index is 1010. The van der Waals surface area contributed by atoms with Gasteiger partial charge in [-0.15, -0.1) is 0 Å². The predicted octanol–water partition coefficient (Wildman–Crippen LogP) is 4.06. The predicted molar refractivity (Wildman–Crippen MR) is 111 cm³/mol. The number of aromatic nitrogens is 1. The van der Waals surface area contributed by atoms with Crippen LogP contribution in [0.3, 0.4) is 0 Å². The number of rotatable bonds is 6. The van der Waals surface area contributed by atoms with E-state index in [1.54, 1.807) is 18.2 Å². The molecule has 0 saturated carbocycles. The topological polar surface area (TPSA) is 71.1 Å². The number of amides is 2. The summed E-state index contributed by atoms with van der Waals surface area (Å²) in [4.78, 5) is 29.0. The van der Waals surface area contributed by atoms with E-state index in [0.29, 0.717) is 18.5 Å². The van der Waals surface area contributed by atoms with Crippen LogP contribution in [0.5, 0.6) is 0 Å². The largest absolute Gasteiger partial charge is 0.350 e. The number of halogens is 1. The summed E-state index contributed by atoms with van der Waals surface area (Å²) in [5.41, 5.74) is 4.13. The number of hydrogen-bond donors (Lipinski definition) is 2. The van der Waals surface area contributed by atoms with Gasteiger partial charge < -0.3 is 10.6 Å². The highest BCUT2D eigenvalue weighted by molar-refractivity contribution is 6.06. The Hall–Kier alpha value is -3.54. The maximum Gasteiger partial charge on any atom is 0.269 e. The molecule has 0 radical (unpaired) electrons. The van der Waals surface area contributed by atoms with E-state index >= 15 is 0 Å². The summed E-state index contributed by atoms with van der Waals surface area (Å²) in [6.07, 6.45) is 2.01. The molecule has 2 amide bonds. The molecule has 0 saturated heterocycles. The molecule has 2 aromatic carbocycles. The van der Waals surface area contributed by atoms with Crippen molar-refractivity contribution in [1.29, 1.82) is 0 Å². The molecular formula is C23H22FN3O2. The highest BCUT2D eigenvalue weighted by Gasteiger charge is 2.13. The molecule has 148 valence electrons. The van der Waals surface area contributed by atoms with Crippen molar-refractivity contribution in [1.82, 2.24) is 10.3 Å². The molecule has 0 aliphatic rings. The minimum Gasteiger partial charge on any atom is -0.350 e. The highest BCUT2D eigenvalue weighted by atomic mass is 19.1. The van der Waals surface area contributed by atoms with Crippen LogP contribution in [0.1, 0.15) is 37.5 Å². The van der Waals surface area contributed by atoms with Crippen LogP contribution in [0, 0.1) is 19.7 Å². The second kappa shape index (κ2) is 9.10. The monoisotopic (exact) mass is 391 g/mol. The van der Waals surface area contributed by atoms with Gasteiger partial charge in [-0.1, -0.05) is 30.3 Å². The Labute approximate surface area is 169 Å². The van der Waals surface area contributed by atoms with Crippen LogP contribution >= 0.6 is 0 Å². The van der Waals surface area contributed by atoms with Crippen molar-refractivity contribution in [3.8, 4) is 0 Å². The Morgan fingerprint density at radius 2 is 1.66 bits per heavy atom. The van der Waals surface area contributed by atoms with Crippen molar-refractivity contribution in [2.45, 2.75) is 20.3 Å². The first kappa shape index (κ1) is 20.2. The van der Waals surface area contributed by atoms with E-state index in [4.69, 9.17) is 0 Å².